The van der Waals surface area contributed by atoms with E-state index in [9.17, 15) is 19.2 Å². The highest BCUT2D eigenvalue weighted by molar-refractivity contribution is 5.89. The first-order chi connectivity index (χ1) is 27.7. The molecular weight excluding hydrogens is 763 g/mol. The van der Waals surface area contributed by atoms with Crippen LogP contribution in [0.2, 0.25) is 0 Å². The minimum absolute atomic E-state index is 0. The molecule has 60 heavy (non-hydrogen) atoms. The topological polar surface area (TPSA) is 150 Å². The van der Waals surface area contributed by atoms with E-state index in [1.165, 1.54) is 12.8 Å². The van der Waals surface area contributed by atoms with E-state index in [-0.39, 0.29) is 31.0 Å². The molecule has 6 rings (SSSR count). The molecule has 2 aliphatic heterocycles. The number of carbonyl (C=O) groups is 4. The molecule has 0 saturated carbocycles. The zero-order valence-electron chi connectivity index (χ0n) is 36.9. The number of fused-ring (bicyclic) bond motifs is 2. The molecule has 2 N–H and O–H groups in total. The van der Waals surface area contributed by atoms with Crippen LogP contribution in [0.5, 0.6) is 0 Å². The van der Waals surface area contributed by atoms with E-state index >= 15 is 0 Å². The van der Waals surface area contributed by atoms with Crippen molar-refractivity contribution in [1.82, 2.24) is 15.5 Å². The monoisotopic (exact) mass is 834 g/mol. The Kier molecular flexibility index (Phi) is 17.8. The molecule has 4 heterocycles. The Hall–Kier alpha value is -4.84. The third kappa shape index (κ3) is 15.3. The van der Waals surface area contributed by atoms with Crippen LogP contribution in [0, 0.1) is 11.8 Å². The molecule has 2 fully saturated rings. The van der Waals surface area contributed by atoms with Gasteiger partial charge in [-0.2, -0.15) is 0 Å². The van der Waals surface area contributed by atoms with Gasteiger partial charge in [0.15, 0.2) is 5.60 Å². The number of hydrogen-bond donors (Lipinski definition) is 2. The summed E-state index contributed by atoms with van der Waals surface area (Å²) in [6, 6.07) is 19.3. The summed E-state index contributed by atoms with van der Waals surface area (Å²) < 4.78 is 27.1. The van der Waals surface area contributed by atoms with Crippen molar-refractivity contribution in [2.45, 2.75) is 137 Å². The van der Waals surface area contributed by atoms with Crippen molar-refractivity contribution in [1.29, 1.82) is 0 Å². The molecule has 332 valence electrons. The fourth-order valence-electron chi connectivity index (χ4n) is 7.01. The minimum atomic E-state index is -0.722. The summed E-state index contributed by atoms with van der Waals surface area (Å²) in [5, 5.41) is 8.19. The molecular formula is C48H71N3O9. The van der Waals surface area contributed by atoms with Gasteiger partial charge in [0.25, 0.3) is 6.47 Å². The molecule has 2 aromatic carbocycles. The van der Waals surface area contributed by atoms with E-state index in [1.54, 1.807) is 13.8 Å². The summed E-state index contributed by atoms with van der Waals surface area (Å²) in [7, 11) is 0. The van der Waals surface area contributed by atoms with Crippen LogP contribution in [0.1, 0.15) is 127 Å². The lowest BCUT2D eigenvalue weighted by molar-refractivity contribution is -0.155. The number of benzene rings is 2. The van der Waals surface area contributed by atoms with E-state index in [1.807, 2.05) is 121 Å². The van der Waals surface area contributed by atoms with Gasteiger partial charge in [-0.1, -0.05) is 43.8 Å². The van der Waals surface area contributed by atoms with E-state index < -0.39 is 16.6 Å². The van der Waals surface area contributed by atoms with Gasteiger partial charge in [-0.25, -0.2) is 4.79 Å². The number of piperidine rings is 2. The largest absolute Gasteiger partial charge is 0.460 e. The zero-order chi connectivity index (χ0) is 43.4. The SMILES string of the molecule is C.CC(C)(C)OC(=O)CCC1CCNCC1.CC(C)(C)OC(=O)NCC1CCN(C(=O)C(C)(C)c2cc3ccccc3o2)CC1.CC(C)(OC=O)c1cc2ccccc2o1. The van der Waals surface area contributed by atoms with Crippen LogP contribution in [0.4, 0.5) is 4.79 Å². The number of para-hydroxylation sites is 2. The van der Waals surface area contributed by atoms with Gasteiger partial charge < -0.3 is 38.6 Å². The van der Waals surface area contributed by atoms with Crippen molar-refractivity contribution in [3.8, 4) is 0 Å². The summed E-state index contributed by atoms with van der Waals surface area (Å²) in [6.45, 7) is 23.3. The van der Waals surface area contributed by atoms with Crippen LogP contribution in [0.3, 0.4) is 0 Å². The Morgan fingerprint density at radius 3 is 1.78 bits per heavy atom. The molecule has 2 saturated heterocycles. The summed E-state index contributed by atoms with van der Waals surface area (Å²) >= 11 is 0. The van der Waals surface area contributed by atoms with E-state index in [0.29, 0.717) is 55.9 Å². The van der Waals surface area contributed by atoms with Crippen molar-refractivity contribution in [2.75, 3.05) is 32.7 Å². The number of likely N-dealkylation sites (tertiary alicyclic amines) is 1. The lowest BCUT2D eigenvalue weighted by atomic mass is 9.86. The van der Waals surface area contributed by atoms with Crippen LogP contribution in [0.25, 0.3) is 21.9 Å². The second-order valence-corrected chi connectivity index (χ2v) is 18.6. The molecule has 0 aliphatic carbocycles. The van der Waals surface area contributed by atoms with Gasteiger partial charge in [-0.05, 0) is 151 Å². The Balaban J connectivity index is 0.000000262. The van der Waals surface area contributed by atoms with Crippen molar-refractivity contribution in [3.05, 3.63) is 72.2 Å². The fourth-order valence-corrected chi connectivity index (χ4v) is 7.01. The third-order valence-corrected chi connectivity index (χ3v) is 10.4. The van der Waals surface area contributed by atoms with E-state index in [0.717, 1.165) is 54.3 Å². The predicted octanol–water partition coefficient (Wildman–Crippen LogP) is 10.1. The van der Waals surface area contributed by atoms with E-state index in [4.69, 9.17) is 23.0 Å². The molecule has 0 bridgehead atoms. The van der Waals surface area contributed by atoms with Crippen molar-refractivity contribution in [3.63, 3.8) is 0 Å². The minimum Gasteiger partial charge on any atom is -0.460 e. The first-order valence-corrected chi connectivity index (χ1v) is 21.0. The summed E-state index contributed by atoms with van der Waals surface area (Å²) in [4.78, 5) is 48.8. The molecule has 12 heteroatoms. The summed E-state index contributed by atoms with van der Waals surface area (Å²) in [5.74, 6) is 2.42. The highest BCUT2D eigenvalue weighted by Gasteiger charge is 2.38. The standard InChI is InChI=1S/C23H32N2O4.C12H23NO2.C12H12O3.CH4/c1-22(2,3)29-21(27)24-15-16-10-12-25(13-11-16)20(26)23(4,5)19-14-17-8-6-7-9-18(17)28-19;1-12(2,3)15-11(14)5-4-10-6-8-13-9-7-10;1-12(2,14-8-13)11-7-9-5-3-4-6-10(9)15-11;/h6-9,14,16H,10-13,15H2,1-5H3,(H,24,27);10,13H,4-9H2,1-3H3;3-8H,1-2H3;1H4. The molecule has 4 aromatic rings. The molecule has 12 nitrogen and oxygen atoms in total. The quantitative estimate of drug-likeness (QED) is 0.0898. The molecule has 0 atom stereocenters. The lowest BCUT2D eigenvalue weighted by Gasteiger charge is -2.36. The molecule has 0 spiro atoms. The van der Waals surface area contributed by atoms with Gasteiger partial charge in [-0.3, -0.25) is 14.4 Å². The number of furan rings is 2. The number of esters is 1. The fraction of sp³-hybridized carbons (Fsp3) is 0.583. The molecule has 2 amide bonds. The normalized spacial score (nSPS) is 15.4. The third-order valence-electron chi connectivity index (χ3n) is 10.4. The first kappa shape index (κ1) is 49.5. The summed E-state index contributed by atoms with van der Waals surface area (Å²) in [6.07, 6.45) is 5.28. The number of nitrogens with zero attached hydrogens (tertiary/aromatic N) is 1. The van der Waals surface area contributed by atoms with Crippen LogP contribution in [0.15, 0.2) is 69.5 Å². The van der Waals surface area contributed by atoms with Gasteiger partial charge in [0.1, 0.15) is 39.3 Å². The van der Waals surface area contributed by atoms with Gasteiger partial charge >= 0.3 is 12.1 Å². The number of nitrogens with one attached hydrogen (secondary N) is 2. The zero-order valence-corrected chi connectivity index (χ0v) is 36.9. The Morgan fingerprint density at radius 1 is 0.750 bits per heavy atom. The van der Waals surface area contributed by atoms with Gasteiger partial charge in [0.05, 0.1) is 0 Å². The second-order valence-electron chi connectivity index (χ2n) is 18.6. The highest BCUT2D eigenvalue weighted by atomic mass is 16.6. The average Bonchev–Trinajstić information content (AvgIpc) is 3.82. The van der Waals surface area contributed by atoms with Gasteiger partial charge in [0.2, 0.25) is 5.91 Å². The number of hydrogen-bond acceptors (Lipinski definition) is 10. The molecule has 2 aliphatic rings. The summed E-state index contributed by atoms with van der Waals surface area (Å²) in [5.41, 5.74) is -0.681. The Labute approximate surface area is 357 Å². The van der Waals surface area contributed by atoms with Crippen LogP contribution < -0.4 is 10.6 Å². The smallest absolute Gasteiger partial charge is 0.407 e. The molecule has 0 unspecified atom stereocenters. The number of alkyl carbamates (subject to hydrolysis) is 1. The number of ether oxygens (including phenoxy) is 3. The van der Waals surface area contributed by atoms with Gasteiger partial charge in [-0.15, -0.1) is 0 Å². The van der Waals surface area contributed by atoms with Crippen LogP contribution in [-0.2, 0) is 39.6 Å². The highest BCUT2D eigenvalue weighted by Crippen LogP contribution is 2.33. The van der Waals surface area contributed by atoms with Gasteiger partial charge in [0, 0.05) is 36.8 Å². The molecule has 0 radical (unpaired) electrons. The maximum atomic E-state index is 13.2. The van der Waals surface area contributed by atoms with Crippen LogP contribution in [-0.4, -0.2) is 73.3 Å². The first-order valence-electron chi connectivity index (χ1n) is 21.0. The number of carbonyl (C=O) groups excluding carboxylic acids is 4. The van der Waals surface area contributed by atoms with Crippen LogP contribution >= 0.6 is 0 Å². The van der Waals surface area contributed by atoms with E-state index in [2.05, 4.69) is 10.6 Å². The van der Waals surface area contributed by atoms with Crippen molar-refractivity contribution < 1.29 is 42.2 Å². The Morgan fingerprint density at radius 2 is 1.27 bits per heavy atom. The maximum Gasteiger partial charge on any atom is 0.407 e. The molecule has 2 aromatic heterocycles. The van der Waals surface area contributed by atoms with Crippen molar-refractivity contribution in [2.24, 2.45) is 11.8 Å². The average molecular weight is 834 g/mol. The second kappa shape index (κ2) is 21.6. The predicted molar refractivity (Wildman–Crippen MR) is 237 cm³/mol. The number of rotatable bonds is 10. The Bertz CT molecular complexity index is 1900. The number of amides is 2. The lowest BCUT2D eigenvalue weighted by Crippen LogP contribution is -2.48. The maximum absolute atomic E-state index is 13.2. The van der Waals surface area contributed by atoms with Crippen molar-refractivity contribution >= 4 is 46.4 Å².